The standard InChI is InChI=1S/C20H23NO3/c1-18(10-9-14-5-7-15(24-4)8-6-14)11-19(2)13-20(3,12-18)17(23)21-16(19)22/h5-8H,11-13H2,1-4H3,(H,21,22,23). The van der Waals surface area contributed by atoms with E-state index in [2.05, 4.69) is 24.1 Å². The maximum atomic E-state index is 12.3. The number of benzene rings is 1. The van der Waals surface area contributed by atoms with Crippen molar-refractivity contribution in [3.63, 3.8) is 0 Å². The van der Waals surface area contributed by atoms with Crippen molar-refractivity contribution in [3.05, 3.63) is 29.8 Å². The Bertz CT molecular complexity index is 727. The van der Waals surface area contributed by atoms with Crippen LogP contribution in [0.4, 0.5) is 0 Å². The minimum absolute atomic E-state index is 0.165. The van der Waals surface area contributed by atoms with Gasteiger partial charge in [-0.25, -0.2) is 0 Å². The lowest BCUT2D eigenvalue weighted by molar-refractivity contribution is -0.158. The van der Waals surface area contributed by atoms with Crippen LogP contribution in [0.25, 0.3) is 0 Å². The first-order valence-corrected chi connectivity index (χ1v) is 8.21. The molecule has 0 spiro atoms. The molecular weight excluding hydrogens is 302 g/mol. The Morgan fingerprint density at radius 3 is 2.00 bits per heavy atom. The van der Waals surface area contributed by atoms with E-state index >= 15 is 0 Å². The second-order valence-electron chi connectivity index (χ2n) is 7.97. The van der Waals surface area contributed by atoms with Crippen molar-refractivity contribution < 1.29 is 14.3 Å². The predicted molar refractivity (Wildman–Crippen MR) is 91.2 cm³/mol. The Morgan fingerprint density at radius 1 is 0.958 bits per heavy atom. The van der Waals surface area contributed by atoms with Gasteiger partial charge in [-0.3, -0.25) is 14.9 Å². The summed E-state index contributed by atoms with van der Waals surface area (Å²) in [5.74, 6) is 7.02. The zero-order valence-corrected chi connectivity index (χ0v) is 14.7. The third kappa shape index (κ3) is 2.80. The van der Waals surface area contributed by atoms with E-state index < -0.39 is 10.8 Å². The van der Waals surface area contributed by atoms with E-state index in [0.717, 1.165) is 11.3 Å². The minimum Gasteiger partial charge on any atom is -0.497 e. The second-order valence-corrected chi connectivity index (χ2v) is 7.97. The number of amides is 2. The number of hydrogen-bond donors (Lipinski definition) is 1. The Labute approximate surface area is 143 Å². The molecule has 3 rings (SSSR count). The molecule has 1 saturated heterocycles. The van der Waals surface area contributed by atoms with E-state index in [1.807, 2.05) is 38.1 Å². The molecule has 2 amide bonds. The van der Waals surface area contributed by atoms with Crippen LogP contribution in [0.5, 0.6) is 5.75 Å². The maximum absolute atomic E-state index is 12.3. The number of rotatable bonds is 1. The Morgan fingerprint density at radius 2 is 1.50 bits per heavy atom. The normalized spacial score (nSPS) is 34.8. The van der Waals surface area contributed by atoms with Crippen LogP contribution in [-0.4, -0.2) is 18.9 Å². The molecule has 2 fully saturated rings. The van der Waals surface area contributed by atoms with Crippen molar-refractivity contribution in [1.82, 2.24) is 5.32 Å². The van der Waals surface area contributed by atoms with Crippen LogP contribution in [-0.2, 0) is 9.59 Å². The van der Waals surface area contributed by atoms with Crippen LogP contribution >= 0.6 is 0 Å². The smallest absolute Gasteiger partial charge is 0.232 e. The molecular formula is C20H23NO3. The number of ether oxygens (including phenoxy) is 1. The fourth-order valence-electron chi connectivity index (χ4n) is 4.48. The highest BCUT2D eigenvalue weighted by atomic mass is 16.5. The highest BCUT2D eigenvalue weighted by Crippen LogP contribution is 2.56. The summed E-state index contributed by atoms with van der Waals surface area (Å²) in [6, 6.07) is 7.59. The molecule has 2 unspecified atom stereocenters. The lowest BCUT2D eigenvalue weighted by Crippen LogP contribution is -2.61. The van der Waals surface area contributed by atoms with Gasteiger partial charge in [-0.1, -0.05) is 25.7 Å². The van der Waals surface area contributed by atoms with Gasteiger partial charge in [0.1, 0.15) is 5.75 Å². The molecule has 1 saturated carbocycles. The van der Waals surface area contributed by atoms with E-state index in [4.69, 9.17) is 4.74 Å². The van der Waals surface area contributed by atoms with Gasteiger partial charge in [0.05, 0.1) is 7.11 Å². The average Bonchev–Trinajstić information content (AvgIpc) is 2.51. The van der Waals surface area contributed by atoms with Crippen LogP contribution in [0, 0.1) is 28.1 Å². The first kappa shape index (κ1) is 16.6. The Balaban J connectivity index is 1.91. The van der Waals surface area contributed by atoms with Crippen LogP contribution in [0.2, 0.25) is 0 Å². The molecule has 4 heteroatoms. The number of carbonyl (C=O) groups excluding carboxylic acids is 2. The van der Waals surface area contributed by atoms with E-state index in [-0.39, 0.29) is 17.2 Å². The summed E-state index contributed by atoms with van der Waals surface area (Å²) < 4.78 is 5.15. The molecule has 2 bridgehead atoms. The lowest BCUT2D eigenvalue weighted by Gasteiger charge is -2.52. The van der Waals surface area contributed by atoms with Gasteiger partial charge < -0.3 is 4.74 Å². The zero-order chi connectivity index (χ0) is 17.6. The molecule has 1 heterocycles. The van der Waals surface area contributed by atoms with Gasteiger partial charge in [-0.15, -0.1) is 0 Å². The van der Waals surface area contributed by atoms with Gasteiger partial charge in [0.15, 0.2) is 0 Å². The Hall–Kier alpha value is -2.28. The van der Waals surface area contributed by atoms with E-state index in [1.165, 1.54) is 0 Å². The molecule has 1 aliphatic heterocycles. The van der Waals surface area contributed by atoms with Crippen molar-refractivity contribution in [2.24, 2.45) is 16.2 Å². The minimum atomic E-state index is -0.537. The number of fused-ring (bicyclic) bond motifs is 2. The average molecular weight is 325 g/mol. The Kier molecular flexibility index (Phi) is 3.71. The molecule has 1 N–H and O–H groups in total. The SMILES string of the molecule is COc1ccc(C#CC2(C)CC3(C)CC(C)(C2)C(=O)NC3=O)cc1. The molecule has 2 atom stereocenters. The molecule has 0 radical (unpaired) electrons. The third-order valence-electron chi connectivity index (χ3n) is 5.26. The molecule has 0 aromatic heterocycles. The van der Waals surface area contributed by atoms with Gasteiger partial charge >= 0.3 is 0 Å². The van der Waals surface area contributed by atoms with Crippen molar-refractivity contribution in [3.8, 4) is 17.6 Å². The zero-order valence-electron chi connectivity index (χ0n) is 14.7. The van der Waals surface area contributed by atoms with Crippen molar-refractivity contribution >= 4 is 11.8 Å². The topological polar surface area (TPSA) is 55.4 Å². The van der Waals surface area contributed by atoms with Crippen LogP contribution < -0.4 is 10.1 Å². The number of hydrogen-bond acceptors (Lipinski definition) is 3. The summed E-state index contributed by atoms with van der Waals surface area (Å²) in [6.45, 7) is 5.95. The number of piperidine rings is 1. The highest BCUT2D eigenvalue weighted by molar-refractivity contribution is 6.03. The van der Waals surface area contributed by atoms with Gasteiger partial charge in [-0.2, -0.15) is 0 Å². The van der Waals surface area contributed by atoms with Gasteiger partial charge in [0.2, 0.25) is 11.8 Å². The molecule has 2 aliphatic rings. The second kappa shape index (κ2) is 5.37. The van der Waals surface area contributed by atoms with Crippen LogP contribution in [0.1, 0.15) is 45.6 Å². The van der Waals surface area contributed by atoms with Crippen molar-refractivity contribution in [1.29, 1.82) is 0 Å². The lowest BCUT2D eigenvalue weighted by atomic mass is 9.52. The largest absolute Gasteiger partial charge is 0.497 e. The van der Waals surface area contributed by atoms with Gasteiger partial charge in [-0.05, 0) is 50.5 Å². The van der Waals surface area contributed by atoms with Crippen LogP contribution in [0.15, 0.2) is 24.3 Å². The number of nitrogens with one attached hydrogen (secondary N) is 1. The van der Waals surface area contributed by atoms with Gasteiger partial charge in [0.25, 0.3) is 0 Å². The molecule has 1 aliphatic carbocycles. The molecule has 4 nitrogen and oxygen atoms in total. The fraction of sp³-hybridized carbons (Fsp3) is 0.500. The summed E-state index contributed by atoms with van der Waals surface area (Å²) in [4.78, 5) is 24.6. The monoisotopic (exact) mass is 325 g/mol. The summed E-state index contributed by atoms with van der Waals surface area (Å²) in [5, 5.41) is 2.55. The van der Waals surface area contributed by atoms with E-state index in [0.29, 0.717) is 19.3 Å². The van der Waals surface area contributed by atoms with Gasteiger partial charge in [0, 0.05) is 21.8 Å². The van der Waals surface area contributed by atoms with E-state index in [9.17, 15) is 9.59 Å². The molecule has 1 aromatic rings. The van der Waals surface area contributed by atoms with Crippen molar-refractivity contribution in [2.75, 3.05) is 7.11 Å². The fourth-order valence-corrected chi connectivity index (χ4v) is 4.48. The first-order chi connectivity index (χ1) is 11.2. The highest BCUT2D eigenvalue weighted by Gasteiger charge is 2.58. The number of imide groups is 1. The number of carbonyl (C=O) groups is 2. The molecule has 24 heavy (non-hydrogen) atoms. The van der Waals surface area contributed by atoms with Crippen molar-refractivity contribution in [2.45, 2.75) is 40.0 Å². The summed E-state index contributed by atoms with van der Waals surface area (Å²) >= 11 is 0. The number of methoxy groups -OCH3 is 1. The summed E-state index contributed by atoms with van der Waals surface area (Å²) in [5.41, 5.74) is -0.539. The summed E-state index contributed by atoms with van der Waals surface area (Å²) in [7, 11) is 1.63. The molecule has 1 aromatic carbocycles. The summed E-state index contributed by atoms with van der Waals surface area (Å²) in [6.07, 6.45) is 1.93. The maximum Gasteiger partial charge on any atom is 0.232 e. The quantitative estimate of drug-likeness (QED) is 0.638. The van der Waals surface area contributed by atoms with E-state index in [1.54, 1.807) is 7.11 Å². The first-order valence-electron chi connectivity index (χ1n) is 8.21. The molecule has 126 valence electrons. The third-order valence-corrected chi connectivity index (χ3v) is 5.26. The predicted octanol–water partition coefficient (Wildman–Crippen LogP) is 2.91. The van der Waals surface area contributed by atoms with Crippen LogP contribution in [0.3, 0.4) is 0 Å².